The second kappa shape index (κ2) is 8.92. The van der Waals surface area contributed by atoms with Gasteiger partial charge in [-0.2, -0.15) is 5.10 Å². The molecule has 0 bridgehead atoms. The van der Waals surface area contributed by atoms with Crippen molar-refractivity contribution in [2.24, 2.45) is 5.10 Å². The number of nitrogens with zero attached hydrogens (tertiary/aromatic N) is 2. The molecule has 7 heteroatoms. The van der Waals surface area contributed by atoms with Crippen LogP contribution in [0.3, 0.4) is 0 Å². The Hall–Kier alpha value is -3.51. The minimum atomic E-state index is -0.570. The van der Waals surface area contributed by atoms with E-state index < -0.39 is 10.8 Å². The molecule has 0 aliphatic carbocycles. The summed E-state index contributed by atoms with van der Waals surface area (Å²) in [6, 6.07) is 23.1. The quantitative estimate of drug-likeness (QED) is 0.379. The van der Waals surface area contributed by atoms with E-state index in [2.05, 4.69) is 10.5 Å². The number of nitro benzene ring substituents is 1. The number of hydrazone groups is 1. The third-order valence-corrected chi connectivity index (χ3v) is 4.40. The molecule has 6 nitrogen and oxygen atoms in total. The Morgan fingerprint density at radius 3 is 2.11 bits per heavy atom. The smallest absolute Gasteiger partial charge is 0.272 e. The minimum Gasteiger partial charge on any atom is -0.272 e. The first-order valence-electron chi connectivity index (χ1n) is 8.43. The molecule has 0 aromatic heterocycles. The fourth-order valence-electron chi connectivity index (χ4n) is 2.77. The maximum Gasteiger partial charge on any atom is 0.288 e. The Morgan fingerprint density at radius 1 is 1.00 bits per heavy atom. The average Bonchev–Trinajstić information content (AvgIpc) is 2.71. The monoisotopic (exact) mass is 393 g/mol. The van der Waals surface area contributed by atoms with Crippen LogP contribution < -0.4 is 5.43 Å². The summed E-state index contributed by atoms with van der Waals surface area (Å²) in [5.74, 6) is -0.837. The number of hydrogen-bond donors (Lipinski definition) is 1. The van der Waals surface area contributed by atoms with E-state index in [-0.39, 0.29) is 16.6 Å². The fraction of sp³-hybridized carbons (Fsp3) is 0.0476. The van der Waals surface area contributed by atoms with Crippen LogP contribution >= 0.6 is 11.6 Å². The number of rotatable bonds is 6. The summed E-state index contributed by atoms with van der Waals surface area (Å²) in [7, 11) is 0. The Bertz CT molecular complexity index is 968. The van der Waals surface area contributed by atoms with Crippen LogP contribution in [-0.2, 0) is 4.79 Å². The number of halogens is 1. The third kappa shape index (κ3) is 4.61. The second-order valence-corrected chi connectivity index (χ2v) is 6.36. The van der Waals surface area contributed by atoms with Crippen LogP contribution in [0.1, 0.15) is 22.6 Å². The van der Waals surface area contributed by atoms with Gasteiger partial charge in [0.15, 0.2) is 0 Å². The highest BCUT2D eigenvalue weighted by Gasteiger charge is 2.22. The van der Waals surface area contributed by atoms with Crippen molar-refractivity contribution in [3.63, 3.8) is 0 Å². The van der Waals surface area contributed by atoms with Gasteiger partial charge in [0.05, 0.1) is 17.1 Å². The van der Waals surface area contributed by atoms with Crippen molar-refractivity contribution < 1.29 is 9.72 Å². The lowest BCUT2D eigenvalue weighted by Crippen LogP contribution is -2.26. The van der Waals surface area contributed by atoms with Gasteiger partial charge < -0.3 is 0 Å². The zero-order valence-corrected chi connectivity index (χ0v) is 15.4. The van der Waals surface area contributed by atoms with Gasteiger partial charge in [0.1, 0.15) is 5.02 Å². The molecule has 0 radical (unpaired) electrons. The Kier molecular flexibility index (Phi) is 6.14. The van der Waals surface area contributed by atoms with E-state index in [4.69, 9.17) is 11.6 Å². The van der Waals surface area contributed by atoms with E-state index in [1.54, 1.807) is 6.07 Å². The zero-order valence-electron chi connectivity index (χ0n) is 14.7. The molecule has 3 aromatic rings. The summed E-state index contributed by atoms with van der Waals surface area (Å²) in [6.07, 6.45) is 1.34. The maximum atomic E-state index is 12.8. The second-order valence-electron chi connectivity index (χ2n) is 5.96. The van der Waals surface area contributed by atoms with Crippen LogP contribution in [-0.4, -0.2) is 17.0 Å². The molecule has 0 spiro atoms. The van der Waals surface area contributed by atoms with Gasteiger partial charge in [-0.3, -0.25) is 14.9 Å². The highest BCUT2D eigenvalue weighted by molar-refractivity contribution is 6.32. The largest absolute Gasteiger partial charge is 0.288 e. The summed E-state index contributed by atoms with van der Waals surface area (Å²) in [4.78, 5) is 23.2. The van der Waals surface area contributed by atoms with Crippen LogP contribution in [0.2, 0.25) is 5.02 Å². The number of nitrogens with one attached hydrogen (secondary N) is 1. The molecule has 0 aliphatic rings. The summed E-state index contributed by atoms with van der Waals surface area (Å²) in [6.45, 7) is 0. The zero-order chi connectivity index (χ0) is 19.9. The lowest BCUT2D eigenvalue weighted by Gasteiger charge is -2.16. The van der Waals surface area contributed by atoms with E-state index in [0.717, 1.165) is 11.1 Å². The molecule has 1 N–H and O–H groups in total. The van der Waals surface area contributed by atoms with Crippen molar-refractivity contribution in [1.82, 2.24) is 5.43 Å². The molecule has 1 amide bonds. The van der Waals surface area contributed by atoms with Crippen molar-refractivity contribution in [2.45, 2.75) is 5.92 Å². The Balaban J connectivity index is 1.80. The van der Waals surface area contributed by atoms with Crippen LogP contribution in [0, 0.1) is 10.1 Å². The molecule has 140 valence electrons. The highest BCUT2D eigenvalue weighted by Crippen LogP contribution is 2.25. The standard InChI is InChI=1S/C21H16ClN3O3/c22-18-12-11-15(13-19(18)25(27)28)14-23-24-21(26)20(16-7-3-1-4-8-16)17-9-5-2-6-10-17/h1-14,20H,(H,24,26)/b23-14+. The predicted molar refractivity (Wildman–Crippen MR) is 109 cm³/mol. The van der Waals surface area contributed by atoms with E-state index in [9.17, 15) is 14.9 Å². The highest BCUT2D eigenvalue weighted by atomic mass is 35.5. The van der Waals surface area contributed by atoms with Crippen molar-refractivity contribution >= 4 is 29.4 Å². The van der Waals surface area contributed by atoms with Gasteiger partial charge in [-0.15, -0.1) is 0 Å². The first kappa shape index (κ1) is 19.3. The van der Waals surface area contributed by atoms with E-state index in [1.165, 1.54) is 18.3 Å². The van der Waals surface area contributed by atoms with Crippen LogP contribution in [0.15, 0.2) is 84.0 Å². The molecule has 0 atom stereocenters. The Labute approximate surface area is 166 Å². The van der Waals surface area contributed by atoms with Crippen LogP contribution in [0.25, 0.3) is 0 Å². The molecule has 0 heterocycles. The lowest BCUT2D eigenvalue weighted by molar-refractivity contribution is -0.384. The molecular formula is C21H16ClN3O3. The molecule has 0 unspecified atom stereocenters. The van der Waals surface area contributed by atoms with Crippen molar-refractivity contribution in [3.05, 3.63) is 111 Å². The number of carbonyl (C=O) groups is 1. The minimum absolute atomic E-state index is 0.0411. The van der Waals surface area contributed by atoms with Gasteiger partial charge in [-0.05, 0) is 17.2 Å². The molecule has 3 rings (SSSR count). The number of carbonyl (C=O) groups excluding carboxylic acids is 1. The molecule has 0 saturated carbocycles. The molecular weight excluding hydrogens is 378 g/mol. The van der Waals surface area contributed by atoms with Gasteiger partial charge in [-0.25, -0.2) is 5.43 Å². The maximum absolute atomic E-state index is 12.8. The van der Waals surface area contributed by atoms with Crippen LogP contribution in [0.4, 0.5) is 5.69 Å². The van der Waals surface area contributed by atoms with Crippen LogP contribution in [0.5, 0.6) is 0 Å². The summed E-state index contributed by atoms with van der Waals surface area (Å²) in [5, 5.41) is 15.0. The molecule has 0 fully saturated rings. The van der Waals surface area contributed by atoms with Crippen molar-refractivity contribution in [2.75, 3.05) is 0 Å². The first-order valence-corrected chi connectivity index (χ1v) is 8.81. The normalized spacial score (nSPS) is 10.9. The first-order chi connectivity index (χ1) is 13.6. The van der Waals surface area contributed by atoms with E-state index in [1.807, 2.05) is 60.7 Å². The third-order valence-electron chi connectivity index (χ3n) is 4.08. The van der Waals surface area contributed by atoms with Gasteiger partial charge in [-0.1, -0.05) is 78.3 Å². The number of benzene rings is 3. The summed E-state index contributed by atoms with van der Waals surface area (Å²) < 4.78 is 0. The lowest BCUT2D eigenvalue weighted by atomic mass is 9.91. The fourth-order valence-corrected chi connectivity index (χ4v) is 2.96. The van der Waals surface area contributed by atoms with Gasteiger partial charge in [0.2, 0.25) is 0 Å². The number of nitro groups is 1. The summed E-state index contributed by atoms with van der Waals surface area (Å²) >= 11 is 5.80. The topological polar surface area (TPSA) is 84.6 Å². The van der Waals surface area contributed by atoms with Gasteiger partial charge in [0, 0.05) is 11.6 Å². The average molecular weight is 394 g/mol. The predicted octanol–water partition coefficient (Wildman–Crippen LogP) is 4.53. The van der Waals surface area contributed by atoms with Crippen molar-refractivity contribution in [3.8, 4) is 0 Å². The van der Waals surface area contributed by atoms with Crippen molar-refractivity contribution in [1.29, 1.82) is 0 Å². The van der Waals surface area contributed by atoms with E-state index >= 15 is 0 Å². The molecule has 3 aromatic carbocycles. The number of amides is 1. The molecule has 0 saturated heterocycles. The number of hydrogen-bond acceptors (Lipinski definition) is 4. The molecule has 0 aliphatic heterocycles. The summed E-state index contributed by atoms with van der Waals surface area (Å²) in [5.41, 5.74) is 4.42. The Morgan fingerprint density at radius 2 is 1.57 bits per heavy atom. The SMILES string of the molecule is O=C(N/N=C/c1ccc(Cl)c([N+](=O)[O-])c1)C(c1ccccc1)c1ccccc1. The molecule has 28 heavy (non-hydrogen) atoms. The van der Waals surface area contributed by atoms with Gasteiger partial charge >= 0.3 is 0 Å². The van der Waals surface area contributed by atoms with Gasteiger partial charge in [0.25, 0.3) is 11.6 Å². The van der Waals surface area contributed by atoms with E-state index in [0.29, 0.717) is 5.56 Å².